The first kappa shape index (κ1) is 16.1. The first-order valence-electron chi connectivity index (χ1n) is 7.11. The average molecular weight is 346 g/mol. The summed E-state index contributed by atoms with van der Waals surface area (Å²) in [7, 11) is 0. The molecule has 3 rings (SSSR count). The van der Waals surface area contributed by atoms with Crippen LogP contribution in [-0.4, -0.2) is 26.1 Å². The average Bonchev–Trinajstić information content (AvgIpc) is 2.99. The fourth-order valence-electron chi connectivity index (χ4n) is 2.06. The van der Waals surface area contributed by atoms with E-state index in [0.29, 0.717) is 27.7 Å². The summed E-state index contributed by atoms with van der Waals surface area (Å²) in [5, 5.41) is 14.9. The van der Waals surface area contributed by atoms with Crippen molar-refractivity contribution >= 4 is 23.2 Å². The van der Waals surface area contributed by atoms with Crippen LogP contribution in [0.5, 0.6) is 0 Å². The van der Waals surface area contributed by atoms with Gasteiger partial charge in [-0.2, -0.15) is 4.80 Å². The number of rotatable bonds is 4. The summed E-state index contributed by atoms with van der Waals surface area (Å²) in [6.07, 6.45) is 0. The fourth-order valence-corrected chi connectivity index (χ4v) is 2.28. The summed E-state index contributed by atoms with van der Waals surface area (Å²) in [6.45, 7) is 1.50. The van der Waals surface area contributed by atoms with Gasteiger partial charge in [0.05, 0.1) is 5.02 Å². The van der Waals surface area contributed by atoms with Crippen LogP contribution in [0, 0.1) is 12.7 Å². The molecular weight excluding hydrogens is 333 g/mol. The molecule has 1 amide bonds. The van der Waals surface area contributed by atoms with Gasteiger partial charge in [0, 0.05) is 11.3 Å². The number of anilines is 1. The maximum atomic E-state index is 13.5. The number of aromatic nitrogens is 4. The molecule has 0 aliphatic carbocycles. The normalized spacial score (nSPS) is 10.6. The van der Waals surface area contributed by atoms with Crippen LogP contribution in [-0.2, 0) is 11.3 Å². The summed E-state index contributed by atoms with van der Waals surface area (Å²) in [4.78, 5) is 13.2. The molecule has 0 atom stereocenters. The fraction of sp³-hybridized carbons (Fsp3) is 0.125. The van der Waals surface area contributed by atoms with Crippen LogP contribution in [0.2, 0.25) is 5.02 Å². The Morgan fingerprint density at radius 1 is 1.29 bits per heavy atom. The molecule has 0 aliphatic rings. The number of tetrazole rings is 1. The van der Waals surface area contributed by atoms with Crippen LogP contribution in [0.15, 0.2) is 42.5 Å². The van der Waals surface area contributed by atoms with E-state index in [1.54, 1.807) is 43.3 Å². The third-order valence-electron chi connectivity index (χ3n) is 3.31. The molecule has 0 bridgehead atoms. The first-order valence-corrected chi connectivity index (χ1v) is 7.49. The second-order valence-electron chi connectivity index (χ2n) is 5.14. The maximum Gasteiger partial charge on any atom is 0.248 e. The van der Waals surface area contributed by atoms with E-state index < -0.39 is 0 Å². The molecule has 1 heterocycles. The van der Waals surface area contributed by atoms with Crippen LogP contribution >= 0.6 is 11.6 Å². The summed E-state index contributed by atoms with van der Waals surface area (Å²) >= 11 is 6.08. The Bertz CT molecular complexity index is 896. The third kappa shape index (κ3) is 3.57. The van der Waals surface area contributed by atoms with Crippen molar-refractivity contribution in [3.8, 4) is 11.4 Å². The highest BCUT2D eigenvalue weighted by atomic mass is 35.5. The Kier molecular flexibility index (Phi) is 4.52. The van der Waals surface area contributed by atoms with Crippen molar-refractivity contribution in [3.05, 3.63) is 58.9 Å². The number of hydrogen-bond acceptors (Lipinski definition) is 4. The molecular formula is C16H13ClFN5O. The van der Waals surface area contributed by atoms with Crippen LogP contribution in [0.25, 0.3) is 11.4 Å². The number of carbonyl (C=O) groups excluding carboxylic acids is 1. The monoisotopic (exact) mass is 345 g/mol. The predicted molar refractivity (Wildman–Crippen MR) is 88.0 cm³/mol. The summed E-state index contributed by atoms with van der Waals surface area (Å²) in [6, 6.07) is 11.6. The summed E-state index contributed by atoms with van der Waals surface area (Å²) < 4.78 is 13.5. The highest BCUT2D eigenvalue weighted by Gasteiger charge is 2.12. The third-order valence-corrected chi connectivity index (χ3v) is 3.64. The van der Waals surface area contributed by atoms with Gasteiger partial charge in [-0.05, 0) is 42.0 Å². The van der Waals surface area contributed by atoms with Gasteiger partial charge in [0.25, 0.3) is 0 Å². The van der Waals surface area contributed by atoms with Crippen LogP contribution in [0.3, 0.4) is 0 Å². The molecule has 6 nitrogen and oxygen atoms in total. The molecule has 1 aromatic heterocycles. The van der Waals surface area contributed by atoms with Crippen molar-refractivity contribution in [3.63, 3.8) is 0 Å². The van der Waals surface area contributed by atoms with Gasteiger partial charge in [-0.1, -0.05) is 29.8 Å². The highest BCUT2D eigenvalue weighted by molar-refractivity contribution is 6.33. The van der Waals surface area contributed by atoms with Crippen molar-refractivity contribution < 1.29 is 9.18 Å². The Hall–Kier alpha value is -2.80. The van der Waals surface area contributed by atoms with Crippen molar-refractivity contribution in [1.29, 1.82) is 0 Å². The van der Waals surface area contributed by atoms with Gasteiger partial charge in [-0.3, -0.25) is 4.79 Å². The minimum absolute atomic E-state index is 0.146. The Balaban J connectivity index is 1.69. The highest BCUT2D eigenvalue weighted by Crippen LogP contribution is 2.23. The van der Waals surface area contributed by atoms with Crippen LogP contribution in [0.1, 0.15) is 5.56 Å². The number of carbonyl (C=O) groups is 1. The minimum atomic E-state index is -0.388. The SMILES string of the molecule is Cc1ccc(NC(=O)Cn2nnc(-c3ccccc3Cl)n2)cc1F. The number of amides is 1. The summed E-state index contributed by atoms with van der Waals surface area (Å²) in [5.74, 6) is -0.441. The van der Waals surface area contributed by atoms with Gasteiger partial charge in [0.15, 0.2) is 0 Å². The zero-order chi connectivity index (χ0) is 17.1. The topological polar surface area (TPSA) is 72.7 Å². The van der Waals surface area contributed by atoms with Crippen LogP contribution < -0.4 is 5.32 Å². The van der Waals surface area contributed by atoms with E-state index in [0.717, 1.165) is 4.80 Å². The molecule has 2 aromatic carbocycles. The zero-order valence-corrected chi connectivity index (χ0v) is 13.5. The molecule has 0 saturated heterocycles. The second-order valence-corrected chi connectivity index (χ2v) is 5.54. The number of benzene rings is 2. The van der Waals surface area contributed by atoms with Gasteiger partial charge >= 0.3 is 0 Å². The molecule has 1 N–H and O–H groups in total. The molecule has 0 aliphatic heterocycles. The molecule has 0 fully saturated rings. The van der Waals surface area contributed by atoms with Gasteiger partial charge in [0.2, 0.25) is 11.7 Å². The predicted octanol–water partition coefficient (Wildman–Crippen LogP) is 3.08. The standard InChI is InChI=1S/C16H13ClFN5O/c1-10-6-7-11(8-14(10)18)19-15(24)9-23-21-16(20-22-23)12-4-2-3-5-13(12)17/h2-8H,9H2,1H3,(H,19,24). The lowest BCUT2D eigenvalue weighted by Crippen LogP contribution is -2.20. The van der Waals surface area contributed by atoms with E-state index in [2.05, 4.69) is 20.7 Å². The maximum absolute atomic E-state index is 13.5. The van der Waals surface area contributed by atoms with E-state index in [1.807, 2.05) is 0 Å². The van der Waals surface area contributed by atoms with E-state index in [9.17, 15) is 9.18 Å². The molecule has 0 unspecified atom stereocenters. The van der Waals surface area contributed by atoms with Gasteiger partial charge in [-0.25, -0.2) is 4.39 Å². The lowest BCUT2D eigenvalue weighted by molar-refractivity contribution is -0.117. The Labute approximate surface area is 142 Å². The number of hydrogen-bond donors (Lipinski definition) is 1. The van der Waals surface area contributed by atoms with E-state index in [-0.39, 0.29) is 18.3 Å². The van der Waals surface area contributed by atoms with E-state index >= 15 is 0 Å². The summed E-state index contributed by atoms with van der Waals surface area (Å²) in [5.41, 5.74) is 1.51. The van der Waals surface area contributed by atoms with Crippen molar-refractivity contribution in [2.75, 3.05) is 5.32 Å². The van der Waals surface area contributed by atoms with Gasteiger partial charge in [0.1, 0.15) is 12.4 Å². The number of nitrogens with zero attached hydrogens (tertiary/aromatic N) is 4. The molecule has 0 spiro atoms. The van der Waals surface area contributed by atoms with Gasteiger partial charge in [-0.15, -0.1) is 10.2 Å². The Morgan fingerprint density at radius 2 is 2.08 bits per heavy atom. The molecule has 3 aromatic rings. The Morgan fingerprint density at radius 3 is 2.83 bits per heavy atom. The lowest BCUT2D eigenvalue weighted by Gasteiger charge is -2.05. The number of aryl methyl sites for hydroxylation is 1. The van der Waals surface area contributed by atoms with Crippen molar-refractivity contribution in [2.24, 2.45) is 0 Å². The number of nitrogens with one attached hydrogen (secondary N) is 1. The lowest BCUT2D eigenvalue weighted by atomic mass is 10.2. The van der Waals surface area contributed by atoms with Gasteiger partial charge < -0.3 is 5.32 Å². The van der Waals surface area contributed by atoms with Crippen LogP contribution in [0.4, 0.5) is 10.1 Å². The molecule has 0 saturated carbocycles. The quantitative estimate of drug-likeness (QED) is 0.788. The molecule has 8 heteroatoms. The first-order chi connectivity index (χ1) is 11.5. The van der Waals surface area contributed by atoms with Crippen molar-refractivity contribution in [2.45, 2.75) is 13.5 Å². The van der Waals surface area contributed by atoms with E-state index in [4.69, 9.17) is 11.6 Å². The number of halogens is 2. The van der Waals surface area contributed by atoms with Crippen molar-refractivity contribution in [1.82, 2.24) is 20.2 Å². The largest absolute Gasteiger partial charge is 0.324 e. The van der Waals surface area contributed by atoms with E-state index in [1.165, 1.54) is 6.07 Å². The molecule has 24 heavy (non-hydrogen) atoms. The molecule has 122 valence electrons. The second kappa shape index (κ2) is 6.76. The minimum Gasteiger partial charge on any atom is -0.324 e. The zero-order valence-electron chi connectivity index (χ0n) is 12.7. The smallest absolute Gasteiger partial charge is 0.248 e. The molecule has 0 radical (unpaired) electrons.